The first-order chi connectivity index (χ1) is 10.0. The van der Waals surface area contributed by atoms with Crippen molar-refractivity contribution < 1.29 is 4.79 Å². The molecule has 4 heteroatoms. The Labute approximate surface area is 130 Å². The summed E-state index contributed by atoms with van der Waals surface area (Å²) < 4.78 is 0. The van der Waals surface area contributed by atoms with E-state index in [1.54, 1.807) is 0 Å². The van der Waals surface area contributed by atoms with Crippen molar-refractivity contribution in [3.8, 4) is 0 Å². The Morgan fingerprint density at radius 3 is 2.57 bits per heavy atom. The third kappa shape index (κ3) is 1.99. The molecule has 21 heavy (non-hydrogen) atoms. The molecule has 2 aliphatic carbocycles. The maximum absolute atomic E-state index is 13.0. The number of hydrogen-bond acceptors (Lipinski definition) is 3. The van der Waals surface area contributed by atoms with Crippen LogP contribution in [0, 0.1) is 18.8 Å². The normalized spacial score (nSPS) is 37.7. The van der Waals surface area contributed by atoms with E-state index in [2.05, 4.69) is 43.1 Å². The Bertz CT molecular complexity index is 577. The van der Waals surface area contributed by atoms with Crippen molar-refractivity contribution in [2.24, 2.45) is 11.8 Å². The summed E-state index contributed by atoms with van der Waals surface area (Å²) in [6.45, 7) is 6.79. The van der Waals surface area contributed by atoms with E-state index in [-0.39, 0.29) is 11.7 Å². The number of carbonyl (C=O) groups excluding carboxylic acids is 1. The summed E-state index contributed by atoms with van der Waals surface area (Å²) >= 11 is 1.82. The van der Waals surface area contributed by atoms with Crippen LogP contribution in [-0.2, 0) is 4.79 Å². The van der Waals surface area contributed by atoms with Crippen molar-refractivity contribution in [2.45, 2.75) is 64.2 Å². The fourth-order valence-electron chi connectivity index (χ4n) is 4.12. The van der Waals surface area contributed by atoms with Crippen LogP contribution >= 0.6 is 11.3 Å². The summed E-state index contributed by atoms with van der Waals surface area (Å²) in [5.41, 5.74) is -0.214. The maximum atomic E-state index is 13.0. The lowest BCUT2D eigenvalue weighted by Crippen LogP contribution is -2.42. The first-order valence-corrected chi connectivity index (χ1v) is 9.00. The van der Waals surface area contributed by atoms with E-state index in [4.69, 9.17) is 0 Å². The molecule has 4 atom stereocenters. The summed E-state index contributed by atoms with van der Waals surface area (Å²) in [5.74, 6) is 1.70. The molecule has 4 rings (SSSR count). The lowest BCUT2D eigenvalue weighted by Gasteiger charge is -2.33. The largest absolute Gasteiger partial charge is 0.317 e. The van der Waals surface area contributed by atoms with E-state index in [9.17, 15) is 4.79 Å². The fraction of sp³-hybridized carbons (Fsp3) is 0.706. The average molecular weight is 304 g/mol. The number of aryl methyl sites for hydroxylation is 1. The quantitative estimate of drug-likeness (QED) is 0.907. The third-order valence-electron chi connectivity index (χ3n) is 5.90. The van der Waals surface area contributed by atoms with E-state index < -0.39 is 0 Å². The van der Waals surface area contributed by atoms with E-state index in [0.29, 0.717) is 17.9 Å². The first kappa shape index (κ1) is 13.8. The minimum absolute atomic E-state index is 0.108. The molecule has 1 spiro atoms. The Kier molecular flexibility index (Phi) is 2.99. The third-order valence-corrected chi connectivity index (χ3v) is 6.95. The number of thiophene rings is 1. The van der Waals surface area contributed by atoms with Crippen LogP contribution in [0.15, 0.2) is 12.1 Å². The second kappa shape index (κ2) is 4.56. The van der Waals surface area contributed by atoms with Gasteiger partial charge in [-0.05, 0) is 56.6 Å². The molecule has 1 aromatic heterocycles. The topological polar surface area (TPSA) is 32.3 Å². The summed E-state index contributed by atoms with van der Waals surface area (Å²) in [4.78, 5) is 17.8. The van der Waals surface area contributed by atoms with Crippen molar-refractivity contribution in [2.75, 3.05) is 0 Å². The zero-order valence-corrected chi connectivity index (χ0v) is 13.9. The molecule has 1 aromatic rings. The van der Waals surface area contributed by atoms with Gasteiger partial charge in [0.1, 0.15) is 11.7 Å². The summed E-state index contributed by atoms with van der Waals surface area (Å²) in [6.07, 6.45) is 4.54. The number of carbonyl (C=O) groups is 1. The van der Waals surface area contributed by atoms with Crippen LogP contribution in [0.1, 0.15) is 55.5 Å². The minimum Gasteiger partial charge on any atom is -0.317 e. The van der Waals surface area contributed by atoms with Crippen LogP contribution in [0.5, 0.6) is 0 Å². The zero-order chi connectivity index (χ0) is 14.8. The van der Waals surface area contributed by atoms with Crippen LogP contribution in [0.2, 0.25) is 0 Å². The van der Waals surface area contributed by atoms with Crippen LogP contribution in [0.25, 0.3) is 0 Å². The van der Waals surface area contributed by atoms with E-state index in [0.717, 1.165) is 25.2 Å². The van der Waals surface area contributed by atoms with Crippen molar-refractivity contribution >= 4 is 17.2 Å². The number of hydrogen-bond donors (Lipinski definition) is 1. The summed E-state index contributed by atoms with van der Waals surface area (Å²) in [5, 5.41) is 3.67. The van der Waals surface area contributed by atoms with Crippen LogP contribution < -0.4 is 5.32 Å². The molecule has 1 N–H and O–H groups in total. The van der Waals surface area contributed by atoms with Gasteiger partial charge >= 0.3 is 0 Å². The molecule has 4 unspecified atom stereocenters. The Balaban J connectivity index is 1.69. The van der Waals surface area contributed by atoms with E-state index >= 15 is 0 Å². The minimum atomic E-state index is -0.214. The number of rotatable bonds is 2. The van der Waals surface area contributed by atoms with Gasteiger partial charge in [-0.2, -0.15) is 0 Å². The van der Waals surface area contributed by atoms with Crippen LogP contribution in [-0.4, -0.2) is 22.4 Å². The van der Waals surface area contributed by atoms with Gasteiger partial charge in [0.2, 0.25) is 5.91 Å². The van der Waals surface area contributed by atoms with Gasteiger partial charge in [0.05, 0.1) is 0 Å². The molecule has 114 valence electrons. The van der Waals surface area contributed by atoms with E-state index in [1.165, 1.54) is 16.2 Å². The molecule has 1 amide bonds. The lowest BCUT2D eigenvalue weighted by atomic mass is 9.96. The van der Waals surface area contributed by atoms with Gasteiger partial charge in [-0.25, -0.2) is 0 Å². The number of nitrogens with one attached hydrogen (secondary N) is 1. The Morgan fingerprint density at radius 2 is 2.05 bits per heavy atom. The molecule has 1 aliphatic heterocycles. The molecule has 2 saturated carbocycles. The second-order valence-corrected chi connectivity index (χ2v) is 8.59. The predicted molar refractivity (Wildman–Crippen MR) is 85.1 cm³/mol. The zero-order valence-electron chi connectivity index (χ0n) is 13.1. The molecular weight excluding hydrogens is 280 g/mol. The van der Waals surface area contributed by atoms with Crippen molar-refractivity contribution in [3.63, 3.8) is 0 Å². The monoisotopic (exact) mass is 304 g/mol. The first-order valence-electron chi connectivity index (χ1n) is 8.19. The number of amides is 1. The predicted octanol–water partition coefficient (Wildman–Crippen LogP) is 3.45. The Hall–Kier alpha value is -0.870. The van der Waals surface area contributed by atoms with Crippen LogP contribution in [0.4, 0.5) is 0 Å². The van der Waals surface area contributed by atoms with Gasteiger partial charge < -0.3 is 4.90 Å². The van der Waals surface area contributed by atoms with Crippen molar-refractivity contribution in [1.82, 2.24) is 10.2 Å². The number of nitrogens with zero attached hydrogens (tertiary/aromatic N) is 1. The SMILES string of the molecule is Cc1ccc(C2NC3(CC3)C(=O)N2C2CCC(C)C2C)s1. The smallest absolute Gasteiger partial charge is 0.244 e. The highest BCUT2D eigenvalue weighted by atomic mass is 32.1. The highest BCUT2D eigenvalue weighted by Crippen LogP contribution is 2.50. The molecule has 1 saturated heterocycles. The van der Waals surface area contributed by atoms with Gasteiger partial charge in [0.15, 0.2) is 0 Å². The average Bonchev–Trinajstić information content (AvgIpc) is 2.89. The molecule has 3 nitrogen and oxygen atoms in total. The van der Waals surface area contributed by atoms with Gasteiger partial charge in [-0.15, -0.1) is 11.3 Å². The lowest BCUT2D eigenvalue weighted by molar-refractivity contribution is -0.133. The van der Waals surface area contributed by atoms with Crippen molar-refractivity contribution in [1.29, 1.82) is 0 Å². The van der Waals surface area contributed by atoms with Crippen molar-refractivity contribution in [3.05, 3.63) is 21.9 Å². The standard InChI is InChI=1S/C17H24N2OS/c1-10-4-6-13(12(10)3)19-15(14-7-5-11(2)21-14)18-17(8-9-17)16(19)20/h5,7,10,12-13,15,18H,4,6,8-9H2,1-3H3. The van der Waals surface area contributed by atoms with Gasteiger partial charge in [0.25, 0.3) is 0 Å². The molecule has 0 radical (unpaired) electrons. The van der Waals surface area contributed by atoms with E-state index in [1.807, 2.05) is 11.3 Å². The van der Waals surface area contributed by atoms with Gasteiger partial charge in [-0.3, -0.25) is 10.1 Å². The molecule has 0 bridgehead atoms. The highest BCUT2D eigenvalue weighted by molar-refractivity contribution is 7.12. The fourth-order valence-corrected chi connectivity index (χ4v) is 5.05. The molecule has 3 fully saturated rings. The highest BCUT2D eigenvalue weighted by Gasteiger charge is 2.61. The molecule has 3 aliphatic rings. The Morgan fingerprint density at radius 1 is 1.29 bits per heavy atom. The second-order valence-electron chi connectivity index (χ2n) is 7.27. The summed E-state index contributed by atoms with van der Waals surface area (Å²) in [7, 11) is 0. The molecular formula is C17H24N2OS. The summed E-state index contributed by atoms with van der Waals surface area (Å²) in [6, 6.07) is 4.78. The van der Waals surface area contributed by atoms with Gasteiger partial charge in [0, 0.05) is 15.8 Å². The molecule has 0 aromatic carbocycles. The van der Waals surface area contributed by atoms with Gasteiger partial charge in [-0.1, -0.05) is 13.8 Å². The van der Waals surface area contributed by atoms with Crippen LogP contribution in [0.3, 0.4) is 0 Å². The molecule has 2 heterocycles. The maximum Gasteiger partial charge on any atom is 0.244 e.